The van der Waals surface area contributed by atoms with E-state index in [-0.39, 0.29) is 17.0 Å². The van der Waals surface area contributed by atoms with Crippen LogP contribution in [0.25, 0.3) is 0 Å². The minimum Gasteiger partial charge on any atom is -0.296 e. The van der Waals surface area contributed by atoms with Gasteiger partial charge in [0.05, 0.1) is 0 Å². The highest BCUT2D eigenvalue weighted by molar-refractivity contribution is 8.93. The van der Waals surface area contributed by atoms with Crippen molar-refractivity contribution in [1.82, 2.24) is 4.90 Å². The lowest BCUT2D eigenvalue weighted by Gasteiger charge is -2.48. The van der Waals surface area contributed by atoms with Gasteiger partial charge in [0, 0.05) is 11.6 Å². The molecular formula is C11H24BrN. The smallest absolute Gasteiger partial charge is 0.0181 e. The highest BCUT2D eigenvalue weighted by Gasteiger charge is 2.35. The molecule has 1 fully saturated rings. The van der Waals surface area contributed by atoms with Crippen molar-refractivity contribution in [1.29, 1.82) is 0 Å². The van der Waals surface area contributed by atoms with E-state index in [0.29, 0.717) is 5.54 Å². The van der Waals surface area contributed by atoms with E-state index in [4.69, 9.17) is 0 Å². The summed E-state index contributed by atoms with van der Waals surface area (Å²) in [5.74, 6) is 0. The van der Waals surface area contributed by atoms with Gasteiger partial charge in [-0.2, -0.15) is 0 Å². The van der Waals surface area contributed by atoms with Crippen LogP contribution < -0.4 is 0 Å². The summed E-state index contributed by atoms with van der Waals surface area (Å²) in [7, 11) is 0. The molecule has 2 heteroatoms. The number of likely N-dealkylation sites (tertiary alicyclic amines) is 1. The fourth-order valence-electron chi connectivity index (χ4n) is 2.68. The Morgan fingerprint density at radius 1 is 1.38 bits per heavy atom. The van der Waals surface area contributed by atoms with Gasteiger partial charge in [-0.25, -0.2) is 0 Å². The average molecular weight is 250 g/mol. The highest BCUT2D eigenvalue weighted by atomic mass is 79.9. The number of rotatable bonds is 2. The van der Waals surface area contributed by atoms with Gasteiger partial charge in [0.1, 0.15) is 0 Å². The van der Waals surface area contributed by atoms with Gasteiger partial charge in [-0.3, -0.25) is 4.90 Å². The number of nitrogens with zero attached hydrogens (tertiary/aromatic N) is 1. The number of hydrogen-bond donors (Lipinski definition) is 0. The van der Waals surface area contributed by atoms with Crippen LogP contribution in [0.5, 0.6) is 0 Å². The van der Waals surface area contributed by atoms with Crippen LogP contribution in [0.4, 0.5) is 0 Å². The fourth-order valence-corrected chi connectivity index (χ4v) is 2.68. The second-order valence-corrected chi connectivity index (χ2v) is 4.38. The summed E-state index contributed by atoms with van der Waals surface area (Å²) in [6, 6.07) is 0.800. The molecule has 0 aromatic heterocycles. The van der Waals surface area contributed by atoms with E-state index in [1.165, 1.54) is 32.2 Å². The molecule has 1 aliphatic heterocycles. The maximum absolute atomic E-state index is 2.68. The molecule has 2 atom stereocenters. The zero-order valence-corrected chi connectivity index (χ0v) is 11.2. The molecule has 0 aromatic rings. The Morgan fingerprint density at radius 2 is 2.00 bits per heavy atom. The molecule has 0 spiro atoms. The van der Waals surface area contributed by atoms with Crippen LogP contribution in [-0.4, -0.2) is 23.0 Å². The van der Waals surface area contributed by atoms with Crippen molar-refractivity contribution in [2.24, 2.45) is 0 Å². The van der Waals surface area contributed by atoms with Gasteiger partial charge in [0.15, 0.2) is 0 Å². The Hall–Kier alpha value is 0.440. The third-order valence-corrected chi connectivity index (χ3v) is 3.67. The minimum absolute atomic E-state index is 0. The van der Waals surface area contributed by atoms with Gasteiger partial charge in [-0.15, -0.1) is 17.0 Å². The van der Waals surface area contributed by atoms with E-state index in [1.807, 2.05) is 0 Å². The van der Waals surface area contributed by atoms with Crippen molar-refractivity contribution in [3.05, 3.63) is 0 Å². The molecule has 0 radical (unpaired) electrons. The predicted molar refractivity (Wildman–Crippen MR) is 64.7 cm³/mol. The number of piperidine rings is 1. The summed E-state index contributed by atoms with van der Waals surface area (Å²) in [6.07, 6.45) is 5.50. The van der Waals surface area contributed by atoms with E-state index < -0.39 is 0 Å². The SMILES string of the molecule is Br.CCN1C(C)CCCC1(C)CC. The predicted octanol–water partition coefficient (Wildman–Crippen LogP) is 3.63. The normalized spacial score (nSPS) is 35.5. The van der Waals surface area contributed by atoms with E-state index >= 15 is 0 Å². The lowest BCUT2D eigenvalue weighted by atomic mass is 9.83. The standard InChI is InChI=1S/C11H23N.BrH/c1-5-11(4)9-7-8-10(3)12(11)6-2;/h10H,5-9H2,1-4H3;1H. The largest absolute Gasteiger partial charge is 0.296 e. The lowest BCUT2D eigenvalue weighted by molar-refractivity contribution is 0.0209. The Kier molecular flexibility index (Phi) is 5.53. The first kappa shape index (κ1) is 13.4. The van der Waals surface area contributed by atoms with Crippen LogP contribution in [-0.2, 0) is 0 Å². The first-order valence-corrected chi connectivity index (χ1v) is 5.40. The summed E-state index contributed by atoms with van der Waals surface area (Å²) in [5, 5.41) is 0. The summed E-state index contributed by atoms with van der Waals surface area (Å²) >= 11 is 0. The van der Waals surface area contributed by atoms with Gasteiger partial charge >= 0.3 is 0 Å². The van der Waals surface area contributed by atoms with Crippen LogP contribution in [0, 0.1) is 0 Å². The molecule has 0 amide bonds. The number of hydrogen-bond acceptors (Lipinski definition) is 1. The minimum atomic E-state index is 0. The summed E-state index contributed by atoms with van der Waals surface area (Å²) in [6.45, 7) is 10.6. The molecule has 1 aliphatic rings. The average Bonchev–Trinajstić information content (AvgIpc) is 2.05. The van der Waals surface area contributed by atoms with Crippen LogP contribution in [0.3, 0.4) is 0 Å². The molecule has 1 nitrogen and oxygen atoms in total. The van der Waals surface area contributed by atoms with Crippen molar-refractivity contribution < 1.29 is 0 Å². The molecule has 0 aromatic carbocycles. The van der Waals surface area contributed by atoms with Crippen LogP contribution in [0.1, 0.15) is 53.4 Å². The van der Waals surface area contributed by atoms with Gasteiger partial charge < -0.3 is 0 Å². The summed E-state index contributed by atoms with van der Waals surface area (Å²) < 4.78 is 0. The van der Waals surface area contributed by atoms with Crippen molar-refractivity contribution in [3.8, 4) is 0 Å². The molecule has 0 bridgehead atoms. The summed E-state index contributed by atoms with van der Waals surface area (Å²) in [5.41, 5.74) is 0.492. The summed E-state index contributed by atoms with van der Waals surface area (Å²) in [4.78, 5) is 2.68. The molecule has 1 rings (SSSR count). The Labute approximate surface area is 93.7 Å². The molecule has 1 heterocycles. The molecule has 0 N–H and O–H groups in total. The first-order chi connectivity index (χ1) is 5.64. The second-order valence-electron chi connectivity index (χ2n) is 4.38. The van der Waals surface area contributed by atoms with Gasteiger partial charge in [0.25, 0.3) is 0 Å². The lowest BCUT2D eigenvalue weighted by Crippen LogP contribution is -2.53. The first-order valence-electron chi connectivity index (χ1n) is 5.40. The highest BCUT2D eigenvalue weighted by Crippen LogP contribution is 2.33. The number of halogens is 1. The fraction of sp³-hybridized carbons (Fsp3) is 1.00. The van der Waals surface area contributed by atoms with Crippen molar-refractivity contribution in [2.45, 2.75) is 65.0 Å². The zero-order chi connectivity index (χ0) is 9.19. The van der Waals surface area contributed by atoms with E-state index in [2.05, 4.69) is 32.6 Å². The van der Waals surface area contributed by atoms with Crippen molar-refractivity contribution in [3.63, 3.8) is 0 Å². The quantitative estimate of drug-likeness (QED) is 0.723. The molecule has 80 valence electrons. The van der Waals surface area contributed by atoms with Crippen molar-refractivity contribution >= 4 is 17.0 Å². The van der Waals surface area contributed by atoms with Crippen LogP contribution in [0.2, 0.25) is 0 Å². The van der Waals surface area contributed by atoms with Gasteiger partial charge in [-0.05, 0) is 39.7 Å². The monoisotopic (exact) mass is 249 g/mol. The van der Waals surface area contributed by atoms with Crippen LogP contribution in [0.15, 0.2) is 0 Å². The van der Waals surface area contributed by atoms with E-state index in [1.54, 1.807) is 0 Å². The molecular weight excluding hydrogens is 226 g/mol. The maximum atomic E-state index is 2.68. The molecule has 0 saturated carbocycles. The molecule has 2 unspecified atom stereocenters. The van der Waals surface area contributed by atoms with E-state index in [0.717, 1.165) is 6.04 Å². The Balaban J connectivity index is 0.00000144. The molecule has 1 saturated heterocycles. The second kappa shape index (κ2) is 5.35. The Bertz CT molecular complexity index is 149. The third-order valence-electron chi connectivity index (χ3n) is 3.67. The zero-order valence-electron chi connectivity index (χ0n) is 9.47. The molecule has 0 aliphatic carbocycles. The maximum Gasteiger partial charge on any atom is 0.0181 e. The third kappa shape index (κ3) is 2.69. The topological polar surface area (TPSA) is 3.24 Å². The van der Waals surface area contributed by atoms with Gasteiger partial charge in [-0.1, -0.05) is 20.3 Å². The van der Waals surface area contributed by atoms with Crippen molar-refractivity contribution in [2.75, 3.05) is 6.54 Å². The van der Waals surface area contributed by atoms with E-state index in [9.17, 15) is 0 Å². The molecule has 13 heavy (non-hydrogen) atoms. The van der Waals surface area contributed by atoms with Crippen LogP contribution >= 0.6 is 17.0 Å². The Morgan fingerprint density at radius 3 is 2.38 bits per heavy atom. The van der Waals surface area contributed by atoms with Gasteiger partial charge in [0.2, 0.25) is 0 Å².